The minimum Gasteiger partial charge on any atom is -0.497 e. The normalized spacial score (nSPS) is 10.5. The van der Waals surface area contributed by atoms with Crippen LogP contribution in [0.2, 0.25) is 0 Å². The first-order valence-corrected chi connectivity index (χ1v) is 6.85. The van der Waals surface area contributed by atoms with Crippen LogP contribution in [0.15, 0.2) is 53.3 Å². The highest BCUT2D eigenvalue weighted by Crippen LogP contribution is 2.16. The number of fused-ring (bicyclic) bond motifs is 1. The number of nitrogens with zero attached hydrogens (tertiary/aromatic N) is 1. The summed E-state index contributed by atoms with van der Waals surface area (Å²) in [6.45, 7) is -0.347. The third kappa shape index (κ3) is 3.21. The molecule has 6 heteroatoms. The predicted molar refractivity (Wildman–Crippen MR) is 81.6 cm³/mol. The summed E-state index contributed by atoms with van der Waals surface area (Å²) in [4.78, 5) is 28.0. The molecule has 0 unspecified atom stereocenters. The molecule has 0 amide bonds. The topological polar surface area (TPSA) is 78.6 Å². The van der Waals surface area contributed by atoms with Gasteiger partial charge in [0, 0.05) is 5.56 Å². The second-order valence-electron chi connectivity index (χ2n) is 4.77. The van der Waals surface area contributed by atoms with E-state index in [9.17, 15) is 9.59 Å². The van der Waals surface area contributed by atoms with E-state index >= 15 is 0 Å². The van der Waals surface area contributed by atoms with Gasteiger partial charge >= 0.3 is 5.97 Å². The number of benzene rings is 2. The maximum Gasteiger partial charge on any atom is 0.338 e. The van der Waals surface area contributed by atoms with Crippen molar-refractivity contribution in [1.29, 1.82) is 0 Å². The van der Waals surface area contributed by atoms with E-state index in [1.165, 1.54) is 19.6 Å². The smallest absolute Gasteiger partial charge is 0.338 e. The quantitative estimate of drug-likeness (QED) is 0.532. The van der Waals surface area contributed by atoms with Crippen LogP contribution in [-0.2, 0) is 4.74 Å². The molecule has 1 heterocycles. The first-order valence-electron chi connectivity index (χ1n) is 6.85. The number of ketones is 1. The lowest BCUT2D eigenvalue weighted by atomic mass is 10.1. The summed E-state index contributed by atoms with van der Waals surface area (Å²) >= 11 is 0. The molecule has 1 aromatic heterocycles. The maximum atomic E-state index is 12.1. The van der Waals surface area contributed by atoms with Crippen molar-refractivity contribution in [3.63, 3.8) is 0 Å². The molecule has 23 heavy (non-hydrogen) atoms. The molecule has 2 aromatic carbocycles. The van der Waals surface area contributed by atoms with Gasteiger partial charge in [0.2, 0.25) is 0 Å². The minimum atomic E-state index is -0.598. The van der Waals surface area contributed by atoms with E-state index in [4.69, 9.17) is 13.9 Å². The fourth-order valence-corrected chi connectivity index (χ4v) is 2.08. The molecule has 0 N–H and O–H groups in total. The van der Waals surface area contributed by atoms with Crippen LogP contribution in [0, 0.1) is 0 Å². The second kappa shape index (κ2) is 6.31. The summed E-state index contributed by atoms with van der Waals surface area (Å²) in [5.74, 6) is -0.338. The second-order valence-corrected chi connectivity index (χ2v) is 4.77. The lowest BCUT2D eigenvalue weighted by molar-refractivity contribution is 0.0475. The zero-order valence-corrected chi connectivity index (χ0v) is 12.3. The SMILES string of the molecule is COc1cccc(C(=O)COC(=O)c2ccc3ncoc3c2)c1. The summed E-state index contributed by atoms with van der Waals surface area (Å²) in [5.41, 5.74) is 1.85. The first kappa shape index (κ1) is 14.8. The standard InChI is InChI=1S/C17H13NO5/c1-21-13-4-2-3-11(7-13)15(19)9-22-17(20)12-5-6-14-16(8-12)23-10-18-14/h2-8,10H,9H2,1H3. The molecule has 0 fully saturated rings. The van der Waals surface area contributed by atoms with Gasteiger partial charge in [0.05, 0.1) is 12.7 Å². The van der Waals surface area contributed by atoms with Crippen molar-refractivity contribution in [3.05, 3.63) is 60.0 Å². The number of ether oxygens (including phenoxy) is 2. The summed E-state index contributed by atoms with van der Waals surface area (Å²) in [6, 6.07) is 11.4. The van der Waals surface area contributed by atoms with Crippen LogP contribution in [0.5, 0.6) is 5.75 Å². The third-order valence-corrected chi connectivity index (χ3v) is 3.29. The zero-order chi connectivity index (χ0) is 16.2. The fraction of sp³-hybridized carbons (Fsp3) is 0.118. The Morgan fingerprint density at radius 2 is 2.00 bits per heavy atom. The van der Waals surface area contributed by atoms with Gasteiger partial charge in [-0.2, -0.15) is 0 Å². The van der Waals surface area contributed by atoms with Crippen molar-refractivity contribution in [1.82, 2.24) is 4.98 Å². The molecule has 0 bridgehead atoms. The number of hydrogen-bond donors (Lipinski definition) is 0. The molecule has 6 nitrogen and oxygen atoms in total. The maximum absolute atomic E-state index is 12.1. The molecular weight excluding hydrogens is 298 g/mol. The predicted octanol–water partition coefficient (Wildman–Crippen LogP) is 2.88. The van der Waals surface area contributed by atoms with Crippen molar-refractivity contribution in [2.24, 2.45) is 0 Å². The average Bonchev–Trinajstić information content (AvgIpc) is 3.07. The van der Waals surface area contributed by atoms with E-state index in [0.29, 0.717) is 28.0 Å². The average molecular weight is 311 g/mol. The van der Waals surface area contributed by atoms with Gasteiger partial charge in [-0.1, -0.05) is 12.1 Å². The Kier molecular flexibility index (Phi) is 4.05. The molecule has 0 aliphatic carbocycles. The fourth-order valence-electron chi connectivity index (χ4n) is 2.08. The third-order valence-electron chi connectivity index (χ3n) is 3.29. The first-order chi connectivity index (χ1) is 11.2. The summed E-state index contributed by atoms with van der Waals surface area (Å²) < 4.78 is 15.2. The van der Waals surface area contributed by atoms with Crippen LogP contribution in [0.4, 0.5) is 0 Å². The van der Waals surface area contributed by atoms with Crippen molar-refractivity contribution in [2.75, 3.05) is 13.7 Å². The van der Waals surface area contributed by atoms with Gasteiger partial charge in [0.25, 0.3) is 0 Å². The van der Waals surface area contributed by atoms with Gasteiger partial charge in [0.1, 0.15) is 11.3 Å². The van der Waals surface area contributed by atoms with Gasteiger partial charge < -0.3 is 13.9 Å². The number of methoxy groups -OCH3 is 1. The molecule has 3 rings (SSSR count). The van der Waals surface area contributed by atoms with Gasteiger partial charge in [-0.3, -0.25) is 4.79 Å². The van der Waals surface area contributed by atoms with Crippen molar-refractivity contribution >= 4 is 22.9 Å². The number of carbonyl (C=O) groups is 2. The van der Waals surface area contributed by atoms with E-state index in [0.717, 1.165) is 0 Å². The molecule has 0 saturated heterocycles. The number of rotatable bonds is 5. The Bertz CT molecular complexity index is 868. The Labute approximate surface area is 131 Å². The molecule has 0 atom stereocenters. The van der Waals surface area contributed by atoms with Crippen molar-refractivity contribution in [3.8, 4) is 5.75 Å². The Hall–Kier alpha value is -3.15. The number of hydrogen-bond acceptors (Lipinski definition) is 6. The van der Waals surface area contributed by atoms with Gasteiger partial charge in [-0.15, -0.1) is 0 Å². The van der Waals surface area contributed by atoms with E-state index in [1.54, 1.807) is 36.4 Å². The number of carbonyl (C=O) groups excluding carboxylic acids is 2. The lowest BCUT2D eigenvalue weighted by Gasteiger charge is -2.06. The highest BCUT2D eigenvalue weighted by atomic mass is 16.5. The van der Waals surface area contributed by atoms with E-state index in [2.05, 4.69) is 4.98 Å². The summed E-state index contributed by atoms with van der Waals surface area (Å²) in [7, 11) is 1.52. The largest absolute Gasteiger partial charge is 0.497 e. The molecule has 0 saturated carbocycles. The van der Waals surface area contributed by atoms with Crippen molar-refractivity contribution in [2.45, 2.75) is 0 Å². The van der Waals surface area contributed by atoms with Gasteiger partial charge in [0.15, 0.2) is 24.4 Å². The van der Waals surface area contributed by atoms with Crippen LogP contribution in [0.25, 0.3) is 11.1 Å². The number of esters is 1. The number of Topliss-reactive ketones (excluding diaryl/α,β-unsaturated/α-hetero) is 1. The Balaban J connectivity index is 1.66. The van der Waals surface area contributed by atoms with Gasteiger partial charge in [-0.05, 0) is 30.3 Å². The van der Waals surface area contributed by atoms with Crippen LogP contribution in [0.3, 0.4) is 0 Å². The molecule has 0 aliphatic heterocycles. The summed E-state index contributed by atoms with van der Waals surface area (Å²) in [5, 5.41) is 0. The lowest BCUT2D eigenvalue weighted by Crippen LogP contribution is -2.14. The molecule has 0 spiro atoms. The number of oxazole rings is 1. The molecule has 0 aliphatic rings. The zero-order valence-electron chi connectivity index (χ0n) is 12.3. The van der Waals surface area contributed by atoms with Crippen LogP contribution in [0.1, 0.15) is 20.7 Å². The minimum absolute atomic E-state index is 0.299. The van der Waals surface area contributed by atoms with Gasteiger partial charge in [-0.25, -0.2) is 9.78 Å². The van der Waals surface area contributed by atoms with Crippen molar-refractivity contribution < 1.29 is 23.5 Å². The van der Waals surface area contributed by atoms with Crippen LogP contribution >= 0.6 is 0 Å². The van der Waals surface area contributed by atoms with E-state index in [-0.39, 0.29) is 12.4 Å². The Morgan fingerprint density at radius 1 is 1.13 bits per heavy atom. The highest BCUT2D eigenvalue weighted by molar-refractivity contribution is 6.00. The van der Waals surface area contributed by atoms with E-state index < -0.39 is 5.97 Å². The monoisotopic (exact) mass is 311 g/mol. The molecular formula is C17H13NO5. The van der Waals surface area contributed by atoms with E-state index in [1.807, 2.05) is 0 Å². The summed E-state index contributed by atoms with van der Waals surface area (Å²) in [6.07, 6.45) is 1.30. The van der Waals surface area contributed by atoms with Crippen LogP contribution < -0.4 is 4.74 Å². The molecule has 0 radical (unpaired) electrons. The molecule has 116 valence electrons. The molecule has 3 aromatic rings. The number of aromatic nitrogens is 1. The Morgan fingerprint density at radius 3 is 2.83 bits per heavy atom. The van der Waals surface area contributed by atoms with Crippen LogP contribution in [-0.4, -0.2) is 30.5 Å². The highest BCUT2D eigenvalue weighted by Gasteiger charge is 2.13.